The highest BCUT2D eigenvalue weighted by Gasteiger charge is 2.31. The van der Waals surface area contributed by atoms with Crippen molar-refractivity contribution in [3.05, 3.63) is 0 Å². The number of hydrogen-bond donors (Lipinski definition) is 1. The van der Waals surface area contributed by atoms with E-state index in [0.29, 0.717) is 13.1 Å². The molecule has 0 aromatic carbocycles. The smallest absolute Gasteiger partial charge is 0.250 e. The lowest BCUT2D eigenvalue weighted by atomic mass is 10.1. The minimum Gasteiger partial charge on any atom is -0.354 e. The average Bonchev–Trinajstić information content (AvgIpc) is 2.27. The molecule has 0 fully saturated rings. The van der Waals surface area contributed by atoms with Crippen molar-refractivity contribution in [2.45, 2.75) is 53.5 Å². The highest BCUT2D eigenvalue weighted by atomic mass is 16.2. The Morgan fingerprint density at radius 3 is 2.11 bits per heavy atom. The summed E-state index contributed by atoms with van der Waals surface area (Å²) in [5, 5.41) is 2.72. The number of nitrogens with zero attached hydrogens (tertiary/aromatic N) is 1. The van der Waals surface area contributed by atoms with Crippen molar-refractivity contribution in [1.29, 1.82) is 0 Å². The van der Waals surface area contributed by atoms with Crippen molar-refractivity contribution in [3.63, 3.8) is 0 Å². The van der Waals surface area contributed by atoms with Crippen molar-refractivity contribution in [2.75, 3.05) is 13.1 Å². The molecular formula is C14H26N2O3. The molecule has 0 radical (unpaired) electrons. The van der Waals surface area contributed by atoms with E-state index in [1.165, 1.54) is 18.7 Å². The van der Waals surface area contributed by atoms with Gasteiger partial charge in [0.15, 0.2) is 11.8 Å². The molecule has 0 aromatic heterocycles. The van der Waals surface area contributed by atoms with E-state index >= 15 is 0 Å². The summed E-state index contributed by atoms with van der Waals surface area (Å²) in [5.74, 6) is -0.726. The van der Waals surface area contributed by atoms with Crippen molar-refractivity contribution in [1.82, 2.24) is 10.2 Å². The summed E-state index contributed by atoms with van der Waals surface area (Å²) in [4.78, 5) is 36.8. The molecule has 19 heavy (non-hydrogen) atoms. The minimum atomic E-state index is -1.00. The van der Waals surface area contributed by atoms with Crippen LogP contribution in [0.15, 0.2) is 0 Å². The van der Waals surface area contributed by atoms with Gasteiger partial charge in [0.25, 0.3) is 5.91 Å². The van der Waals surface area contributed by atoms with Crippen molar-refractivity contribution in [3.8, 4) is 0 Å². The van der Waals surface area contributed by atoms with Crippen molar-refractivity contribution >= 4 is 17.6 Å². The summed E-state index contributed by atoms with van der Waals surface area (Å²) in [6, 6.07) is -1.00. The number of unbranched alkanes of at least 4 members (excludes halogenated alkanes) is 1. The molecule has 0 aliphatic carbocycles. The monoisotopic (exact) mass is 270 g/mol. The van der Waals surface area contributed by atoms with Crippen LogP contribution in [0.4, 0.5) is 0 Å². The van der Waals surface area contributed by atoms with Crippen LogP contribution in [0.5, 0.6) is 0 Å². The molecule has 0 bridgehead atoms. The van der Waals surface area contributed by atoms with Gasteiger partial charge in [-0.25, -0.2) is 0 Å². The fraction of sp³-hybridized carbons (Fsp3) is 0.786. The van der Waals surface area contributed by atoms with E-state index in [1.807, 2.05) is 20.8 Å². The van der Waals surface area contributed by atoms with Gasteiger partial charge in [0.2, 0.25) is 5.91 Å². The summed E-state index contributed by atoms with van der Waals surface area (Å²) in [7, 11) is 0. The first kappa shape index (κ1) is 17.6. The van der Waals surface area contributed by atoms with Crippen LogP contribution in [0.1, 0.15) is 47.5 Å². The number of rotatable bonds is 8. The Morgan fingerprint density at radius 1 is 1.16 bits per heavy atom. The van der Waals surface area contributed by atoms with Crippen LogP contribution in [-0.4, -0.2) is 41.6 Å². The molecular weight excluding hydrogens is 244 g/mol. The van der Waals surface area contributed by atoms with E-state index in [-0.39, 0.29) is 23.5 Å². The summed E-state index contributed by atoms with van der Waals surface area (Å²) in [6.07, 6.45) is 1.83. The third-order valence-electron chi connectivity index (χ3n) is 2.74. The molecule has 1 unspecified atom stereocenters. The number of ketones is 1. The zero-order chi connectivity index (χ0) is 15.0. The molecule has 0 aromatic rings. The normalized spacial score (nSPS) is 12.1. The molecule has 0 saturated heterocycles. The Hall–Kier alpha value is -1.39. The lowest BCUT2D eigenvalue weighted by molar-refractivity contribution is -0.145. The van der Waals surface area contributed by atoms with Gasteiger partial charge < -0.3 is 10.2 Å². The Kier molecular flexibility index (Phi) is 8.03. The molecule has 0 aliphatic rings. The summed E-state index contributed by atoms with van der Waals surface area (Å²) >= 11 is 0. The van der Waals surface area contributed by atoms with Gasteiger partial charge in [-0.3, -0.25) is 14.4 Å². The standard InChI is InChI=1S/C14H26N2O3/c1-6-7-8-15-14(19)13(11(4)17)16(12(5)18)9-10(2)3/h10,13H,6-9H2,1-5H3,(H,15,19). The maximum Gasteiger partial charge on any atom is 0.250 e. The Morgan fingerprint density at radius 2 is 1.74 bits per heavy atom. The summed E-state index contributed by atoms with van der Waals surface area (Å²) < 4.78 is 0. The lowest BCUT2D eigenvalue weighted by Gasteiger charge is -2.29. The predicted molar refractivity (Wildman–Crippen MR) is 74.6 cm³/mol. The minimum absolute atomic E-state index is 0.203. The van der Waals surface area contributed by atoms with Gasteiger partial charge >= 0.3 is 0 Å². The van der Waals surface area contributed by atoms with E-state index < -0.39 is 6.04 Å². The third-order valence-corrected chi connectivity index (χ3v) is 2.74. The fourth-order valence-electron chi connectivity index (χ4n) is 1.84. The molecule has 0 heterocycles. The van der Waals surface area contributed by atoms with Crippen LogP contribution in [0.3, 0.4) is 0 Å². The van der Waals surface area contributed by atoms with Crippen LogP contribution in [0, 0.1) is 5.92 Å². The zero-order valence-corrected chi connectivity index (χ0v) is 12.7. The second-order valence-electron chi connectivity index (χ2n) is 5.22. The molecule has 5 nitrogen and oxygen atoms in total. The van der Waals surface area contributed by atoms with Crippen LogP contribution >= 0.6 is 0 Å². The van der Waals surface area contributed by atoms with E-state index in [4.69, 9.17) is 0 Å². The lowest BCUT2D eigenvalue weighted by Crippen LogP contribution is -2.53. The van der Waals surface area contributed by atoms with Gasteiger partial charge in [0.1, 0.15) is 0 Å². The Labute approximate surface area is 115 Å². The first-order chi connectivity index (χ1) is 8.81. The van der Waals surface area contributed by atoms with Crippen LogP contribution in [-0.2, 0) is 14.4 Å². The summed E-state index contributed by atoms with van der Waals surface area (Å²) in [5.41, 5.74) is 0. The number of carbonyl (C=O) groups is 3. The molecule has 5 heteroatoms. The molecule has 1 atom stereocenters. The highest BCUT2D eigenvalue weighted by Crippen LogP contribution is 2.07. The molecule has 0 spiro atoms. The maximum atomic E-state index is 12.1. The van der Waals surface area contributed by atoms with E-state index in [1.54, 1.807) is 0 Å². The number of amides is 2. The molecule has 2 amide bonds. The van der Waals surface area contributed by atoms with Gasteiger partial charge in [0.05, 0.1) is 0 Å². The van der Waals surface area contributed by atoms with Crippen LogP contribution in [0.2, 0.25) is 0 Å². The van der Waals surface area contributed by atoms with E-state index in [2.05, 4.69) is 5.32 Å². The third kappa shape index (κ3) is 6.36. The van der Waals surface area contributed by atoms with Crippen LogP contribution in [0.25, 0.3) is 0 Å². The van der Waals surface area contributed by atoms with E-state index in [0.717, 1.165) is 12.8 Å². The Bertz CT molecular complexity index is 327. The number of carbonyl (C=O) groups excluding carboxylic acids is 3. The first-order valence-electron chi connectivity index (χ1n) is 6.86. The zero-order valence-electron chi connectivity index (χ0n) is 12.7. The fourth-order valence-corrected chi connectivity index (χ4v) is 1.84. The average molecular weight is 270 g/mol. The number of nitrogens with one attached hydrogen (secondary N) is 1. The van der Waals surface area contributed by atoms with E-state index in [9.17, 15) is 14.4 Å². The Balaban J connectivity index is 4.88. The first-order valence-corrected chi connectivity index (χ1v) is 6.86. The molecule has 110 valence electrons. The second kappa shape index (κ2) is 8.67. The molecule has 1 N–H and O–H groups in total. The van der Waals surface area contributed by atoms with Crippen molar-refractivity contribution < 1.29 is 14.4 Å². The highest BCUT2D eigenvalue weighted by molar-refractivity contribution is 6.06. The van der Waals surface area contributed by atoms with Gasteiger partial charge in [-0.05, 0) is 19.3 Å². The number of Topliss-reactive ketones (excluding diaryl/α,β-unsaturated/α-hetero) is 1. The summed E-state index contributed by atoms with van der Waals surface area (Å²) in [6.45, 7) is 9.59. The quantitative estimate of drug-likeness (QED) is 0.535. The van der Waals surface area contributed by atoms with Crippen molar-refractivity contribution in [2.24, 2.45) is 5.92 Å². The predicted octanol–water partition coefficient (Wildman–Crippen LogP) is 1.36. The number of hydrogen-bond acceptors (Lipinski definition) is 3. The van der Waals surface area contributed by atoms with Gasteiger partial charge in [-0.2, -0.15) is 0 Å². The maximum absolute atomic E-state index is 12.1. The van der Waals surface area contributed by atoms with Gasteiger partial charge in [0, 0.05) is 20.0 Å². The van der Waals surface area contributed by atoms with Crippen LogP contribution < -0.4 is 5.32 Å². The SMILES string of the molecule is CCCCNC(=O)C(C(C)=O)N(CC(C)C)C(C)=O. The largest absolute Gasteiger partial charge is 0.354 e. The topological polar surface area (TPSA) is 66.5 Å². The molecule has 0 rings (SSSR count). The second-order valence-corrected chi connectivity index (χ2v) is 5.22. The molecule has 0 aliphatic heterocycles. The van der Waals surface area contributed by atoms with Gasteiger partial charge in [-0.1, -0.05) is 27.2 Å². The van der Waals surface area contributed by atoms with Gasteiger partial charge in [-0.15, -0.1) is 0 Å². The molecule has 0 saturated carbocycles.